The van der Waals surface area contributed by atoms with Gasteiger partial charge in [-0.05, 0) is 37.0 Å². The Morgan fingerprint density at radius 1 is 0.875 bits per heavy atom. The number of hydrogen-bond acceptors (Lipinski definition) is 6. The smallest absolute Gasteiger partial charge is 0.432 e. The first kappa shape index (κ1) is 20.0. The van der Waals surface area contributed by atoms with Crippen molar-refractivity contribution in [3.63, 3.8) is 0 Å². The van der Waals surface area contributed by atoms with Gasteiger partial charge in [0.2, 0.25) is 0 Å². The minimum atomic E-state index is -1.04. The Labute approximate surface area is 142 Å². The zero-order valence-electron chi connectivity index (χ0n) is 14.4. The number of unbranched alkanes of at least 4 members (excludes halogenated alkanes) is 4. The molecule has 0 N–H and O–H groups in total. The Bertz CT molecular complexity index is 483. The SMILES string of the molecule is CCCCCOC(=O)OOOC(=O)c1ccc(CCCCC)cc1. The van der Waals surface area contributed by atoms with Crippen LogP contribution in [-0.4, -0.2) is 18.7 Å². The molecule has 0 aliphatic carbocycles. The molecule has 134 valence electrons. The molecule has 0 radical (unpaired) electrons. The first-order valence-electron chi connectivity index (χ1n) is 8.48. The van der Waals surface area contributed by atoms with E-state index in [9.17, 15) is 9.59 Å². The highest BCUT2D eigenvalue weighted by Gasteiger charge is 2.12. The summed E-state index contributed by atoms with van der Waals surface area (Å²) in [5, 5.41) is 4.15. The van der Waals surface area contributed by atoms with E-state index >= 15 is 0 Å². The molecule has 6 nitrogen and oxygen atoms in total. The van der Waals surface area contributed by atoms with Gasteiger partial charge in [-0.3, -0.25) is 4.89 Å². The van der Waals surface area contributed by atoms with Crippen molar-refractivity contribution < 1.29 is 29.1 Å². The minimum Gasteiger partial charge on any atom is -0.432 e. The molecule has 6 heteroatoms. The molecule has 1 aromatic rings. The molecule has 0 bridgehead atoms. The van der Waals surface area contributed by atoms with Crippen LogP contribution in [0.1, 0.15) is 68.3 Å². The number of aryl methyl sites for hydroxylation is 1. The van der Waals surface area contributed by atoms with Crippen LogP contribution in [0.5, 0.6) is 0 Å². The second-order valence-electron chi connectivity index (χ2n) is 5.48. The summed E-state index contributed by atoms with van der Waals surface area (Å²) in [5.41, 5.74) is 1.47. The first-order chi connectivity index (χ1) is 11.7. The molecule has 1 rings (SSSR count). The van der Waals surface area contributed by atoms with E-state index in [1.54, 1.807) is 12.1 Å². The van der Waals surface area contributed by atoms with Gasteiger partial charge in [0.15, 0.2) is 0 Å². The third kappa shape index (κ3) is 8.53. The highest BCUT2D eigenvalue weighted by Crippen LogP contribution is 2.10. The van der Waals surface area contributed by atoms with Crippen molar-refractivity contribution in [1.29, 1.82) is 0 Å². The molecule has 0 aliphatic rings. The van der Waals surface area contributed by atoms with E-state index in [1.165, 1.54) is 12.8 Å². The molecular weight excluding hydrogens is 312 g/mol. The third-order valence-corrected chi connectivity index (χ3v) is 3.44. The van der Waals surface area contributed by atoms with Crippen molar-refractivity contribution in [3.8, 4) is 0 Å². The molecule has 0 fully saturated rings. The Kier molecular flexibility index (Phi) is 10.3. The lowest BCUT2D eigenvalue weighted by molar-refractivity contribution is -0.452. The number of rotatable bonds is 11. The fourth-order valence-electron chi connectivity index (χ4n) is 2.04. The van der Waals surface area contributed by atoms with Crippen LogP contribution < -0.4 is 0 Å². The second kappa shape index (κ2) is 12.4. The van der Waals surface area contributed by atoms with Gasteiger partial charge >= 0.3 is 12.1 Å². The Morgan fingerprint density at radius 2 is 1.54 bits per heavy atom. The normalized spacial score (nSPS) is 10.2. The summed E-state index contributed by atoms with van der Waals surface area (Å²) in [6.07, 6.45) is 6.14. The summed E-state index contributed by atoms with van der Waals surface area (Å²) in [5.74, 6) is -0.742. The number of carbonyl (C=O) groups excluding carboxylic acids is 2. The number of ether oxygens (including phenoxy) is 1. The van der Waals surface area contributed by atoms with Gasteiger partial charge in [0.05, 0.1) is 17.2 Å². The predicted octanol–water partition coefficient (Wildman–Crippen LogP) is 4.77. The lowest BCUT2D eigenvalue weighted by atomic mass is 10.1. The van der Waals surface area contributed by atoms with E-state index in [4.69, 9.17) is 4.74 Å². The number of hydrogen-bond donors (Lipinski definition) is 0. The van der Waals surface area contributed by atoms with Gasteiger partial charge in [-0.1, -0.05) is 51.7 Å². The lowest BCUT2D eigenvalue weighted by Crippen LogP contribution is -2.12. The van der Waals surface area contributed by atoms with Crippen molar-refractivity contribution in [2.75, 3.05) is 6.61 Å². The van der Waals surface area contributed by atoms with Gasteiger partial charge in [-0.2, -0.15) is 0 Å². The van der Waals surface area contributed by atoms with Crippen LogP contribution in [0, 0.1) is 0 Å². The maximum absolute atomic E-state index is 11.7. The van der Waals surface area contributed by atoms with Crippen LogP contribution in [0.25, 0.3) is 0 Å². The van der Waals surface area contributed by atoms with Gasteiger partial charge < -0.3 is 4.74 Å². The summed E-state index contributed by atoms with van der Waals surface area (Å²) in [6.45, 7) is 4.43. The van der Waals surface area contributed by atoms with Gasteiger partial charge in [0.1, 0.15) is 0 Å². The van der Waals surface area contributed by atoms with Gasteiger partial charge in [0.25, 0.3) is 0 Å². The molecule has 0 unspecified atom stereocenters. The van der Waals surface area contributed by atoms with Crippen molar-refractivity contribution in [2.24, 2.45) is 0 Å². The maximum atomic E-state index is 11.7. The topological polar surface area (TPSA) is 71.1 Å². The van der Waals surface area contributed by atoms with Crippen LogP contribution in [-0.2, 0) is 26.0 Å². The Morgan fingerprint density at radius 3 is 2.21 bits per heavy atom. The molecule has 0 spiro atoms. The minimum absolute atomic E-state index is 0.240. The molecule has 24 heavy (non-hydrogen) atoms. The van der Waals surface area contributed by atoms with Crippen LogP contribution >= 0.6 is 0 Å². The second-order valence-corrected chi connectivity index (χ2v) is 5.48. The summed E-state index contributed by atoms with van der Waals surface area (Å²) >= 11 is 0. The zero-order valence-corrected chi connectivity index (χ0v) is 14.4. The molecule has 0 atom stereocenters. The van der Waals surface area contributed by atoms with Gasteiger partial charge in [0, 0.05) is 0 Å². The Hall–Kier alpha value is -2.08. The van der Waals surface area contributed by atoms with E-state index in [0.29, 0.717) is 5.56 Å². The van der Waals surface area contributed by atoms with Crippen molar-refractivity contribution in [1.82, 2.24) is 0 Å². The van der Waals surface area contributed by atoms with E-state index in [2.05, 4.69) is 21.7 Å². The van der Waals surface area contributed by atoms with E-state index in [1.807, 2.05) is 19.1 Å². The highest BCUT2D eigenvalue weighted by molar-refractivity contribution is 5.88. The largest absolute Gasteiger partial charge is 0.543 e. The fraction of sp³-hybridized carbons (Fsp3) is 0.556. The summed E-state index contributed by atoms with van der Waals surface area (Å²) in [4.78, 5) is 31.5. The maximum Gasteiger partial charge on any atom is 0.543 e. The number of carbonyl (C=O) groups is 2. The van der Waals surface area contributed by atoms with E-state index < -0.39 is 12.1 Å². The summed E-state index contributed by atoms with van der Waals surface area (Å²) in [7, 11) is 0. The molecule has 0 saturated heterocycles. The third-order valence-electron chi connectivity index (χ3n) is 3.44. The molecule has 0 aliphatic heterocycles. The molecular formula is C18H26O6. The quantitative estimate of drug-likeness (QED) is 0.250. The standard InChI is InChI=1S/C18H26O6/c1-3-5-7-9-15-10-12-16(13-11-15)17(19)22-24-23-18(20)21-14-8-6-4-2/h10-13H,3-9,14H2,1-2H3. The zero-order chi connectivity index (χ0) is 17.6. The highest BCUT2D eigenvalue weighted by atomic mass is 17.5. The Balaban J connectivity index is 2.23. The van der Waals surface area contributed by atoms with E-state index in [0.717, 1.165) is 37.7 Å². The molecule has 0 amide bonds. The number of benzene rings is 1. The van der Waals surface area contributed by atoms with Crippen molar-refractivity contribution in [2.45, 2.75) is 58.8 Å². The monoisotopic (exact) mass is 338 g/mol. The van der Waals surface area contributed by atoms with Crippen LogP contribution in [0.2, 0.25) is 0 Å². The average molecular weight is 338 g/mol. The summed E-state index contributed by atoms with van der Waals surface area (Å²) < 4.78 is 4.72. The lowest BCUT2D eigenvalue weighted by Gasteiger charge is -2.05. The van der Waals surface area contributed by atoms with Crippen LogP contribution in [0.3, 0.4) is 0 Å². The molecule has 0 aromatic heterocycles. The van der Waals surface area contributed by atoms with Crippen molar-refractivity contribution >= 4 is 12.1 Å². The van der Waals surface area contributed by atoms with Crippen LogP contribution in [0.15, 0.2) is 24.3 Å². The first-order valence-corrected chi connectivity index (χ1v) is 8.48. The van der Waals surface area contributed by atoms with Gasteiger partial charge in [-0.25, -0.2) is 14.5 Å². The van der Waals surface area contributed by atoms with Gasteiger partial charge in [-0.15, -0.1) is 0 Å². The van der Waals surface area contributed by atoms with E-state index in [-0.39, 0.29) is 6.61 Å². The van der Waals surface area contributed by atoms with Crippen LogP contribution in [0.4, 0.5) is 4.79 Å². The molecule has 1 aromatic carbocycles. The fourth-order valence-corrected chi connectivity index (χ4v) is 2.04. The molecule has 0 saturated carbocycles. The molecule has 0 heterocycles. The average Bonchev–Trinajstić information content (AvgIpc) is 2.59. The summed E-state index contributed by atoms with van der Waals surface area (Å²) in [6, 6.07) is 7.04. The van der Waals surface area contributed by atoms with Crippen molar-refractivity contribution in [3.05, 3.63) is 35.4 Å². The predicted molar refractivity (Wildman–Crippen MR) is 88.1 cm³/mol.